The van der Waals surface area contributed by atoms with Crippen LogP contribution in [-0.2, 0) is 24.0 Å². The van der Waals surface area contributed by atoms with Gasteiger partial charge < -0.3 is 44.0 Å². The minimum Gasteiger partial charge on any atom is -0.480 e. The highest BCUT2D eigenvalue weighted by Gasteiger charge is 2.31. The average molecular weight is 515 g/mol. The summed E-state index contributed by atoms with van der Waals surface area (Å²) in [6, 6.07) is -4.58. The fourth-order valence-corrected chi connectivity index (χ4v) is 3.20. The molecule has 206 valence electrons. The molecule has 0 spiro atoms. The average Bonchev–Trinajstić information content (AvgIpc) is 2.77. The van der Waals surface area contributed by atoms with Crippen molar-refractivity contribution in [1.29, 1.82) is 0 Å². The Kier molecular flexibility index (Phi) is 14.7. The Morgan fingerprint density at radius 2 is 1.39 bits per heavy atom. The van der Waals surface area contributed by atoms with Crippen LogP contribution in [0, 0.1) is 11.8 Å². The summed E-state index contributed by atoms with van der Waals surface area (Å²) in [5.41, 5.74) is 21.7. The van der Waals surface area contributed by atoms with Crippen molar-refractivity contribution in [2.45, 2.75) is 84.0 Å². The van der Waals surface area contributed by atoms with Gasteiger partial charge in [-0.15, -0.1) is 0 Å². The Labute approximate surface area is 211 Å². The van der Waals surface area contributed by atoms with Crippen LogP contribution >= 0.6 is 0 Å². The van der Waals surface area contributed by atoms with Gasteiger partial charge in [0.15, 0.2) is 5.96 Å². The minimum absolute atomic E-state index is 0.0609. The van der Waals surface area contributed by atoms with Crippen LogP contribution in [-0.4, -0.2) is 71.4 Å². The lowest BCUT2D eigenvalue weighted by atomic mass is 9.98. The molecule has 0 saturated carbocycles. The lowest BCUT2D eigenvalue weighted by molar-refractivity contribution is -0.144. The quantitative estimate of drug-likeness (QED) is 0.0598. The number of hydrogen-bond acceptors (Lipinski definition) is 7. The number of guanidine groups is 1. The third-order valence-electron chi connectivity index (χ3n) is 5.50. The topological polar surface area (TPSA) is 258 Å². The summed E-state index contributed by atoms with van der Waals surface area (Å²) >= 11 is 0. The van der Waals surface area contributed by atoms with Crippen LogP contribution in [0.3, 0.4) is 0 Å². The fourth-order valence-electron chi connectivity index (χ4n) is 3.20. The zero-order valence-corrected chi connectivity index (χ0v) is 21.5. The first-order valence-electron chi connectivity index (χ1n) is 11.9. The number of carbonyl (C=O) groups excluding carboxylic acids is 4. The third kappa shape index (κ3) is 12.9. The molecule has 0 radical (unpaired) electrons. The summed E-state index contributed by atoms with van der Waals surface area (Å²) < 4.78 is 0. The smallest absolute Gasteiger partial charge is 0.326 e. The number of nitrogens with zero attached hydrogens (tertiary/aromatic N) is 1. The van der Waals surface area contributed by atoms with Gasteiger partial charge in [-0.3, -0.25) is 24.2 Å². The molecule has 36 heavy (non-hydrogen) atoms. The van der Waals surface area contributed by atoms with Gasteiger partial charge in [-0.1, -0.05) is 34.1 Å². The molecule has 0 aromatic carbocycles. The van der Waals surface area contributed by atoms with E-state index in [1.165, 1.54) is 0 Å². The van der Waals surface area contributed by atoms with E-state index in [-0.39, 0.29) is 37.2 Å². The number of carboxylic acids is 1. The highest BCUT2D eigenvalue weighted by Crippen LogP contribution is 2.10. The van der Waals surface area contributed by atoms with E-state index >= 15 is 0 Å². The van der Waals surface area contributed by atoms with E-state index in [1.807, 2.05) is 27.7 Å². The van der Waals surface area contributed by atoms with Gasteiger partial charge in [-0.05, 0) is 31.1 Å². The summed E-state index contributed by atoms with van der Waals surface area (Å²) in [5.74, 6) is -4.64. The molecule has 0 bridgehead atoms. The number of hydrogen-bond donors (Lipinski definition) is 8. The van der Waals surface area contributed by atoms with Crippen molar-refractivity contribution in [3.8, 4) is 0 Å². The number of aliphatic imine (C=N–C) groups is 1. The van der Waals surface area contributed by atoms with Crippen LogP contribution in [0.15, 0.2) is 4.99 Å². The van der Waals surface area contributed by atoms with Crippen LogP contribution in [0.5, 0.6) is 0 Å². The van der Waals surface area contributed by atoms with Crippen molar-refractivity contribution in [2.75, 3.05) is 6.54 Å². The van der Waals surface area contributed by atoms with Gasteiger partial charge in [0.25, 0.3) is 0 Å². The third-order valence-corrected chi connectivity index (χ3v) is 5.50. The van der Waals surface area contributed by atoms with Gasteiger partial charge in [-0.2, -0.15) is 0 Å². The Balaban J connectivity index is 5.67. The van der Waals surface area contributed by atoms with Crippen LogP contribution in [0.25, 0.3) is 0 Å². The number of rotatable bonds is 17. The molecular formula is C22H42N8O6. The number of aliphatic carboxylic acids is 1. The van der Waals surface area contributed by atoms with Crippen molar-refractivity contribution in [1.82, 2.24) is 16.0 Å². The van der Waals surface area contributed by atoms with Crippen molar-refractivity contribution in [2.24, 2.45) is 39.8 Å². The maximum absolute atomic E-state index is 13.1. The summed E-state index contributed by atoms with van der Waals surface area (Å²) in [5, 5.41) is 16.7. The Morgan fingerprint density at radius 1 is 0.861 bits per heavy atom. The first-order chi connectivity index (χ1) is 16.7. The molecule has 0 aliphatic carbocycles. The molecule has 5 atom stereocenters. The van der Waals surface area contributed by atoms with Crippen LogP contribution < -0.4 is 38.9 Å². The number of amides is 4. The molecule has 4 amide bonds. The second kappa shape index (κ2) is 16.3. The van der Waals surface area contributed by atoms with Crippen LogP contribution in [0.2, 0.25) is 0 Å². The van der Waals surface area contributed by atoms with Crippen LogP contribution in [0.4, 0.5) is 0 Å². The van der Waals surface area contributed by atoms with Gasteiger partial charge in [-0.25, -0.2) is 4.79 Å². The molecule has 0 heterocycles. The minimum atomic E-state index is -1.55. The summed E-state index contributed by atoms with van der Waals surface area (Å²) in [4.78, 5) is 65.1. The number of nitrogens with one attached hydrogen (secondary N) is 3. The zero-order chi connectivity index (χ0) is 28.0. The summed E-state index contributed by atoms with van der Waals surface area (Å²) in [6.07, 6.45) is 0.706. The monoisotopic (exact) mass is 514 g/mol. The zero-order valence-electron chi connectivity index (χ0n) is 21.5. The predicted molar refractivity (Wildman–Crippen MR) is 134 cm³/mol. The second-order valence-electron chi connectivity index (χ2n) is 9.18. The number of nitrogens with two attached hydrogens (primary N) is 4. The van der Waals surface area contributed by atoms with E-state index in [0.29, 0.717) is 12.8 Å². The van der Waals surface area contributed by atoms with Crippen molar-refractivity contribution in [3.05, 3.63) is 0 Å². The number of carbonyl (C=O) groups is 5. The summed E-state index contributed by atoms with van der Waals surface area (Å²) in [7, 11) is 0. The molecule has 0 aromatic rings. The first-order valence-corrected chi connectivity index (χ1v) is 11.9. The Hall–Kier alpha value is -3.42. The van der Waals surface area contributed by atoms with E-state index in [2.05, 4.69) is 20.9 Å². The van der Waals surface area contributed by atoms with Gasteiger partial charge in [0, 0.05) is 6.54 Å². The number of primary amides is 1. The first kappa shape index (κ1) is 32.6. The van der Waals surface area contributed by atoms with E-state index in [9.17, 15) is 29.1 Å². The Bertz CT molecular complexity index is 799. The molecule has 0 rings (SSSR count). The molecule has 0 aromatic heterocycles. The van der Waals surface area contributed by atoms with Crippen molar-refractivity contribution in [3.63, 3.8) is 0 Å². The van der Waals surface area contributed by atoms with E-state index in [1.54, 1.807) is 0 Å². The fraction of sp³-hybridized carbons (Fsp3) is 0.727. The molecular weight excluding hydrogens is 472 g/mol. The Morgan fingerprint density at radius 3 is 1.86 bits per heavy atom. The molecule has 0 saturated heterocycles. The van der Waals surface area contributed by atoms with E-state index in [4.69, 9.17) is 22.9 Å². The molecule has 12 N–H and O–H groups in total. The lowest BCUT2D eigenvalue weighted by Gasteiger charge is -2.26. The lowest BCUT2D eigenvalue weighted by Crippen LogP contribution is -2.58. The van der Waals surface area contributed by atoms with E-state index < -0.39 is 60.2 Å². The maximum Gasteiger partial charge on any atom is 0.326 e. The molecule has 0 aliphatic heterocycles. The molecule has 5 unspecified atom stereocenters. The van der Waals surface area contributed by atoms with Gasteiger partial charge in [0.2, 0.25) is 23.6 Å². The highest BCUT2D eigenvalue weighted by molar-refractivity contribution is 5.94. The predicted octanol–water partition coefficient (Wildman–Crippen LogP) is -2.13. The SMILES string of the molecule is CCC(C)C(N)C(=O)NC(CCCN=C(N)N)C(=O)NC(CC(C)C)C(=O)NC(CC(N)=O)C(=O)O. The second-order valence-corrected chi connectivity index (χ2v) is 9.18. The standard InChI is InChI=1S/C22H42N8O6/c1-5-12(4)17(24)20(34)28-13(7-6-8-27-22(25)26)18(32)29-14(9-11(2)3)19(33)30-15(21(35)36)10-16(23)31/h11-15,17H,5-10,24H2,1-4H3,(H2,23,31)(H,28,34)(H,29,32)(H,30,33)(H,35,36)(H4,25,26,27). The molecule has 14 nitrogen and oxygen atoms in total. The van der Waals surface area contributed by atoms with Crippen LogP contribution in [0.1, 0.15) is 59.8 Å². The molecule has 0 fully saturated rings. The van der Waals surface area contributed by atoms with Crippen molar-refractivity contribution >= 4 is 35.6 Å². The van der Waals surface area contributed by atoms with Crippen molar-refractivity contribution < 1.29 is 29.1 Å². The van der Waals surface area contributed by atoms with Gasteiger partial charge in [0.1, 0.15) is 18.1 Å². The molecule has 0 aliphatic rings. The maximum atomic E-state index is 13.1. The highest BCUT2D eigenvalue weighted by atomic mass is 16.4. The largest absolute Gasteiger partial charge is 0.480 e. The van der Waals surface area contributed by atoms with Gasteiger partial charge >= 0.3 is 5.97 Å². The summed E-state index contributed by atoms with van der Waals surface area (Å²) in [6.45, 7) is 7.53. The normalized spacial score (nSPS) is 15.1. The number of carboxylic acid groups (broad SMARTS) is 1. The van der Waals surface area contributed by atoms with Gasteiger partial charge in [0.05, 0.1) is 12.5 Å². The molecule has 14 heteroatoms. The van der Waals surface area contributed by atoms with E-state index in [0.717, 1.165) is 0 Å².